The Labute approximate surface area is 160 Å². The fourth-order valence-corrected chi connectivity index (χ4v) is 3.35. The Balaban J connectivity index is 2.23. The van der Waals surface area contributed by atoms with E-state index in [2.05, 4.69) is 41.5 Å². The number of hydrogen-bond donors (Lipinski definition) is 0. The van der Waals surface area contributed by atoms with Gasteiger partial charge in [-0.15, -0.1) is 0 Å². The fraction of sp³-hybridized carbons (Fsp3) is 0.391. The van der Waals surface area contributed by atoms with Crippen molar-refractivity contribution in [3.05, 3.63) is 53.8 Å². The van der Waals surface area contributed by atoms with Crippen LogP contribution in [0.15, 0.2) is 42.4 Å². The molecular weight excluding hydrogens is 318 g/mol. The molecule has 3 heteroatoms. The number of para-hydroxylation sites is 2. The molecule has 0 spiro atoms. The molecule has 0 aliphatic rings. The minimum atomic E-state index is -0.259. The summed E-state index contributed by atoms with van der Waals surface area (Å²) in [6.07, 6.45) is 0.717. The normalized spacial score (nSPS) is 15.3. The first-order valence-electron chi connectivity index (χ1n) is 11.0. The Morgan fingerprint density at radius 3 is 2.38 bits per heavy atom. The van der Waals surface area contributed by atoms with Crippen LogP contribution in [0.4, 0.5) is 0 Å². The van der Waals surface area contributed by atoms with Gasteiger partial charge in [0.1, 0.15) is 5.65 Å². The maximum atomic E-state index is 8.51. The highest BCUT2D eigenvalue weighted by Crippen LogP contribution is 2.31. The van der Waals surface area contributed by atoms with Gasteiger partial charge in [-0.05, 0) is 42.1 Å². The van der Waals surface area contributed by atoms with E-state index in [1.807, 2.05) is 22.6 Å². The van der Waals surface area contributed by atoms with Gasteiger partial charge >= 0.3 is 0 Å². The number of benzene rings is 1. The predicted molar refractivity (Wildman–Crippen MR) is 110 cm³/mol. The molecule has 3 aromatic heterocycles. The van der Waals surface area contributed by atoms with Crippen molar-refractivity contribution in [1.82, 2.24) is 14.4 Å². The number of imidazole rings is 1. The van der Waals surface area contributed by atoms with E-state index in [1.54, 1.807) is 0 Å². The molecule has 0 N–H and O–H groups in total. The summed E-state index contributed by atoms with van der Waals surface area (Å²) in [4.78, 5) is 9.62. The van der Waals surface area contributed by atoms with Gasteiger partial charge in [0, 0.05) is 22.2 Å². The summed E-state index contributed by atoms with van der Waals surface area (Å²) >= 11 is 0. The molecule has 0 fully saturated rings. The average Bonchev–Trinajstić information content (AvgIpc) is 3.03. The highest BCUT2D eigenvalue weighted by molar-refractivity contribution is 5.97. The zero-order valence-corrected chi connectivity index (χ0v) is 16.3. The molecule has 1 aromatic carbocycles. The quantitative estimate of drug-likeness (QED) is 0.427. The van der Waals surface area contributed by atoms with Crippen molar-refractivity contribution in [2.75, 3.05) is 0 Å². The molecule has 4 aromatic rings. The average molecular weight is 350 g/mol. The van der Waals surface area contributed by atoms with E-state index in [0.29, 0.717) is 16.7 Å². The molecule has 0 aliphatic heterocycles. The Kier molecular flexibility index (Phi) is 2.74. The summed E-state index contributed by atoms with van der Waals surface area (Å²) in [5, 5.41) is 0.841. The van der Waals surface area contributed by atoms with Gasteiger partial charge in [0.05, 0.1) is 22.0 Å². The van der Waals surface area contributed by atoms with Crippen LogP contribution in [-0.2, 0) is 11.8 Å². The Morgan fingerprint density at radius 2 is 1.69 bits per heavy atom. The van der Waals surface area contributed by atoms with Crippen LogP contribution in [0.2, 0.25) is 0 Å². The summed E-state index contributed by atoms with van der Waals surface area (Å²) in [7, 11) is 0. The summed E-state index contributed by atoms with van der Waals surface area (Å²) in [5.41, 5.74) is 4.00. The van der Waals surface area contributed by atoms with Crippen LogP contribution in [0.25, 0.3) is 27.6 Å². The fourth-order valence-electron chi connectivity index (χ4n) is 3.35. The van der Waals surface area contributed by atoms with Crippen LogP contribution in [0.1, 0.15) is 58.4 Å². The van der Waals surface area contributed by atoms with E-state index in [-0.39, 0.29) is 35.0 Å². The third kappa shape index (κ3) is 2.86. The lowest BCUT2D eigenvalue weighted by Gasteiger charge is -2.21. The molecule has 0 saturated heterocycles. The third-order valence-electron chi connectivity index (χ3n) is 4.54. The van der Waals surface area contributed by atoms with Gasteiger partial charge < -0.3 is 0 Å². The molecule has 0 atom stereocenters. The maximum absolute atomic E-state index is 8.51. The Hall–Kier alpha value is -2.42. The summed E-state index contributed by atoms with van der Waals surface area (Å²) in [6, 6.07) is 5.38. The van der Waals surface area contributed by atoms with E-state index in [0.717, 1.165) is 28.7 Å². The second kappa shape index (κ2) is 5.54. The zero-order chi connectivity index (χ0) is 22.2. The second-order valence-electron chi connectivity index (χ2n) is 9.22. The van der Waals surface area contributed by atoms with Gasteiger partial charge in [-0.1, -0.05) is 53.6 Å². The first kappa shape index (κ1) is 12.9. The monoisotopic (exact) mass is 349 g/mol. The Morgan fingerprint density at radius 1 is 0.962 bits per heavy atom. The largest absolute Gasteiger partial charge is 0.296 e. The van der Waals surface area contributed by atoms with E-state index >= 15 is 0 Å². The van der Waals surface area contributed by atoms with Gasteiger partial charge in [0.15, 0.2) is 0 Å². The van der Waals surface area contributed by atoms with Crippen LogP contribution in [0.3, 0.4) is 0 Å². The van der Waals surface area contributed by atoms with Gasteiger partial charge in [0.25, 0.3) is 0 Å². The van der Waals surface area contributed by atoms with Crippen molar-refractivity contribution >= 4 is 27.6 Å². The van der Waals surface area contributed by atoms with Crippen molar-refractivity contribution in [2.24, 2.45) is 5.41 Å². The second-order valence-corrected chi connectivity index (χ2v) is 9.22. The lowest BCUT2D eigenvalue weighted by Crippen LogP contribution is -2.15. The van der Waals surface area contributed by atoms with E-state index in [9.17, 15) is 0 Å². The third-order valence-corrected chi connectivity index (χ3v) is 4.54. The van der Waals surface area contributed by atoms with Crippen LogP contribution in [-0.4, -0.2) is 14.4 Å². The van der Waals surface area contributed by atoms with E-state index in [1.165, 1.54) is 0 Å². The number of rotatable bonds is 1. The SMILES string of the molecule is [2H]c1c([2H])c([2H])c2c(nc3c4ccc(C(C)(C)C)nc4cc(CC(C)(C)C)n32)c1[2H]. The first-order chi connectivity index (χ1) is 13.8. The lowest BCUT2D eigenvalue weighted by molar-refractivity contribution is 0.405. The Bertz CT molecular complexity index is 1320. The molecule has 3 heterocycles. The molecule has 134 valence electrons. The van der Waals surface area contributed by atoms with Crippen molar-refractivity contribution in [1.29, 1.82) is 0 Å². The predicted octanol–water partition coefficient (Wildman–Crippen LogP) is 5.92. The van der Waals surface area contributed by atoms with Gasteiger partial charge in [-0.3, -0.25) is 9.38 Å². The van der Waals surface area contributed by atoms with Crippen molar-refractivity contribution in [3.63, 3.8) is 0 Å². The smallest absolute Gasteiger partial charge is 0.147 e. The lowest BCUT2D eigenvalue weighted by atomic mass is 9.89. The molecule has 0 bridgehead atoms. The highest BCUT2D eigenvalue weighted by Gasteiger charge is 2.20. The molecule has 3 nitrogen and oxygen atoms in total. The van der Waals surface area contributed by atoms with Crippen molar-refractivity contribution < 1.29 is 5.48 Å². The van der Waals surface area contributed by atoms with Crippen LogP contribution >= 0.6 is 0 Å². The number of nitrogens with zero attached hydrogens (tertiary/aromatic N) is 3. The zero-order valence-electron chi connectivity index (χ0n) is 20.3. The van der Waals surface area contributed by atoms with Crippen molar-refractivity contribution in [2.45, 2.75) is 53.4 Å². The highest BCUT2D eigenvalue weighted by atomic mass is 15.0. The first-order valence-corrected chi connectivity index (χ1v) is 9.01. The van der Waals surface area contributed by atoms with Crippen LogP contribution in [0, 0.1) is 5.41 Å². The number of aromatic nitrogens is 3. The topological polar surface area (TPSA) is 30.2 Å². The molecule has 0 unspecified atom stereocenters. The number of fused-ring (bicyclic) bond motifs is 5. The minimum absolute atomic E-state index is 0.0238. The summed E-state index contributed by atoms with van der Waals surface area (Å²) in [5.74, 6) is 0. The van der Waals surface area contributed by atoms with E-state index < -0.39 is 0 Å². The summed E-state index contributed by atoms with van der Waals surface area (Å²) < 4.78 is 34.9. The van der Waals surface area contributed by atoms with Gasteiger partial charge in [-0.25, -0.2) is 4.98 Å². The molecule has 0 radical (unpaired) electrons. The van der Waals surface area contributed by atoms with Crippen LogP contribution in [0.5, 0.6) is 0 Å². The van der Waals surface area contributed by atoms with E-state index in [4.69, 9.17) is 15.5 Å². The molecule has 0 aliphatic carbocycles. The van der Waals surface area contributed by atoms with Gasteiger partial charge in [0.2, 0.25) is 0 Å². The molecule has 0 amide bonds. The molecule has 4 rings (SSSR count). The molecule has 0 saturated carbocycles. The molecular formula is C23H27N3. The van der Waals surface area contributed by atoms with Crippen molar-refractivity contribution in [3.8, 4) is 0 Å². The standard InChI is InChI=1S/C23H27N3/c1-22(2,3)14-15-13-18-16(11-12-20(24-18)23(4,5)6)21-25-17-9-7-8-10-19(17)26(15)21/h7-13H,14H2,1-6H3/i7D,8D,9D,10D. The minimum Gasteiger partial charge on any atom is -0.296 e. The van der Waals surface area contributed by atoms with Gasteiger partial charge in [-0.2, -0.15) is 0 Å². The number of pyridine rings is 2. The van der Waals surface area contributed by atoms with Crippen LogP contribution < -0.4 is 0 Å². The maximum Gasteiger partial charge on any atom is 0.147 e. The summed E-state index contributed by atoms with van der Waals surface area (Å²) in [6.45, 7) is 12.8. The molecule has 26 heavy (non-hydrogen) atoms. The number of hydrogen-bond acceptors (Lipinski definition) is 2.